The van der Waals surface area contributed by atoms with Crippen molar-refractivity contribution < 1.29 is 23.5 Å². The van der Waals surface area contributed by atoms with Crippen LogP contribution in [0.4, 0.5) is 14.5 Å². The van der Waals surface area contributed by atoms with Crippen LogP contribution in [0.5, 0.6) is 0 Å². The number of aromatic carboxylic acids is 1. The topological polar surface area (TPSA) is 84.2 Å². The highest BCUT2D eigenvalue weighted by Gasteiger charge is 2.19. The zero-order valence-electron chi connectivity index (χ0n) is 11.1. The summed E-state index contributed by atoms with van der Waals surface area (Å²) in [6, 6.07) is 2.62. The number of aryl methyl sites for hydroxylation is 2. The normalized spacial score (nSPS) is 10.5. The van der Waals surface area contributed by atoms with E-state index in [4.69, 9.17) is 5.11 Å². The highest BCUT2D eigenvalue weighted by atomic mass is 19.2. The number of aromatic nitrogens is 2. The van der Waals surface area contributed by atoms with Gasteiger partial charge in [0, 0.05) is 13.1 Å². The second-order valence-electron chi connectivity index (χ2n) is 4.37. The number of carbonyl (C=O) groups is 2. The Hall–Kier alpha value is -2.77. The fraction of sp³-hybridized carbons (Fsp3) is 0.154. The van der Waals surface area contributed by atoms with Crippen molar-refractivity contribution in [3.63, 3.8) is 0 Å². The average molecular weight is 295 g/mol. The summed E-state index contributed by atoms with van der Waals surface area (Å²) >= 11 is 0. The van der Waals surface area contributed by atoms with E-state index in [-0.39, 0.29) is 11.4 Å². The first-order valence-electron chi connectivity index (χ1n) is 5.84. The fourth-order valence-electron chi connectivity index (χ4n) is 1.84. The van der Waals surface area contributed by atoms with Crippen molar-refractivity contribution in [3.05, 3.63) is 46.8 Å². The summed E-state index contributed by atoms with van der Waals surface area (Å²) < 4.78 is 27.6. The van der Waals surface area contributed by atoms with Gasteiger partial charge in [-0.05, 0) is 19.1 Å². The van der Waals surface area contributed by atoms with E-state index in [1.54, 1.807) is 6.92 Å². The van der Waals surface area contributed by atoms with Crippen molar-refractivity contribution in [1.29, 1.82) is 0 Å². The number of nitrogens with zero attached hydrogens (tertiary/aromatic N) is 2. The summed E-state index contributed by atoms with van der Waals surface area (Å²) in [4.78, 5) is 23.1. The molecule has 0 saturated carbocycles. The Morgan fingerprint density at radius 1 is 1.24 bits per heavy atom. The van der Waals surface area contributed by atoms with Gasteiger partial charge in [0.15, 0.2) is 11.6 Å². The molecule has 0 radical (unpaired) electrons. The number of anilines is 1. The van der Waals surface area contributed by atoms with Crippen molar-refractivity contribution in [2.75, 3.05) is 5.32 Å². The molecule has 0 aliphatic carbocycles. The molecule has 0 spiro atoms. The molecule has 0 bridgehead atoms. The Bertz CT molecular complexity index is 741. The Morgan fingerprint density at radius 3 is 2.38 bits per heavy atom. The third kappa shape index (κ3) is 2.88. The molecule has 0 saturated heterocycles. The number of rotatable bonds is 3. The van der Waals surface area contributed by atoms with E-state index in [0.717, 1.165) is 0 Å². The number of amides is 1. The van der Waals surface area contributed by atoms with Gasteiger partial charge >= 0.3 is 5.97 Å². The zero-order valence-corrected chi connectivity index (χ0v) is 11.1. The van der Waals surface area contributed by atoms with Crippen molar-refractivity contribution in [3.8, 4) is 0 Å². The van der Waals surface area contributed by atoms with E-state index < -0.39 is 29.1 Å². The molecule has 0 aliphatic rings. The van der Waals surface area contributed by atoms with Gasteiger partial charge in [0.1, 0.15) is 5.69 Å². The van der Waals surface area contributed by atoms with E-state index in [1.165, 1.54) is 17.8 Å². The maximum absolute atomic E-state index is 13.2. The van der Waals surface area contributed by atoms with Gasteiger partial charge in [-0.3, -0.25) is 9.48 Å². The predicted octanol–water partition coefficient (Wildman–Crippen LogP) is 1.96. The molecule has 0 atom stereocenters. The number of carboxylic acid groups (broad SMARTS) is 1. The summed E-state index contributed by atoms with van der Waals surface area (Å²) in [6.07, 6.45) is 0. The second-order valence-corrected chi connectivity index (χ2v) is 4.37. The molecule has 8 heteroatoms. The molecule has 21 heavy (non-hydrogen) atoms. The smallest absolute Gasteiger partial charge is 0.337 e. The number of hydrogen-bond donors (Lipinski definition) is 2. The minimum atomic E-state index is -1.48. The molecule has 1 amide bonds. The number of nitrogens with one attached hydrogen (secondary N) is 1. The van der Waals surface area contributed by atoms with Crippen LogP contribution in [0, 0.1) is 18.6 Å². The van der Waals surface area contributed by atoms with Gasteiger partial charge in [-0.15, -0.1) is 0 Å². The number of carbonyl (C=O) groups excluding carboxylic acids is 1. The van der Waals surface area contributed by atoms with Crippen molar-refractivity contribution in [1.82, 2.24) is 9.78 Å². The molecule has 0 fully saturated rings. The number of carboxylic acids is 1. The van der Waals surface area contributed by atoms with Crippen molar-refractivity contribution in [2.45, 2.75) is 6.92 Å². The minimum Gasteiger partial charge on any atom is -0.478 e. The second kappa shape index (κ2) is 5.31. The predicted molar refractivity (Wildman–Crippen MR) is 69.2 cm³/mol. The lowest BCUT2D eigenvalue weighted by Gasteiger charge is -2.09. The summed E-state index contributed by atoms with van der Waals surface area (Å²) in [5, 5.41) is 15.2. The standard InChI is InChI=1S/C13H11F2N3O3/c1-6-3-11(18(2)17-6)12(19)16-10-5-9(15)8(14)4-7(10)13(20)21/h3-5H,1-2H3,(H,16,19)(H,20,21). The molecule has 1 aromatic carbocycles. The molecule has 1 aromatic heterocycles. The summed E-state index contributed by atoms with van der Waals surface area (Å²) in [6.45, 7) is 1.68. The quantitative estimate of drug-likeness (QED) is 0.906. The highest BCUT2D eigenvalue weighted by molar-refractivity contribution is 6.06. The van der Waals surface area contributed by atoms with Crippen LogP contribution in [0.3, 0.4) is 0 Å². The Kier molecular flexibility index (Phi) is 3.70. The monoisotopic (exact) mass is 295 g/mol. The summed E-state index contributed by atoms with van der Waals surface area (Å²) in [7, 11) is 1.53. The number of benzene rings is 1. The molecule has 2 rings (SSSR count). The Labute approximate surface area is 118 Å². The van der Waals surface area contributed by atoms with Gasteiger partial charge in [0.05, 0.1) is 16.9 Å². The number of halogens is 2. The van der Waals surface area contributed by atoms with Crippen LogP contribution in [0.2, 0.25) is 0 Å². The van der Waals surface area contributed by atoms with Crippen LogP contribution in [0.25, 0.3) is 0 Å². The van der Waals surface area contributed by atoms with E-state index in [2.05, 4.69) is 10.4 Å². The first kappa shape index (κ1) is 14.6. The maximum atomic E-state index is 13.2. The van der Waals surface area contributed by atoms with Crippen molar-refractivity contribution >= 4 is 17.6 Å². The van der Waals surface area contributed by atoms with Gasteiger partial charge in [-0.25, -0.2) is 13.6 Å². The number of hydrogen-bond acceptors (Lipinski definition) is 3. The molecule has 1 heterocycles. The Morgan fingerprint density at radius 2 is 1.86 bits per heavy atom. The minimum absolute atomic E-state index is 0.161. The third-order valence-corrected chi connectivity index (χ3v) is 2.77. The first-order valence-corrected chi connectivity index (χ1v) is 5.84. The van der Waals surface area contributed by atoms with E-state index >= 15 is 0 Å². The van der Waals surface area contributed by atoms with Gasteiger partial charge < -0.3 is 10.4 Å². The molecule has 0 unspecified atom stereocenters. The highest BCUT2D eigenvalue weighted by Crippen LogP contribution is 2.21. The van der Waals surface area contributed by atoms with E-state index in [1.807, 2.05) is 0 Å². The largest absolute Gasteiger partial charge is 0.478 e. The Balaban J connectivity index is 2.39. The van der Waals surface area contributed by atoms with Crippen LogP contribution >= 0.6 is 0 Å². The van der Waals surface area contributed by atoms with E-state index in [0.29, 0.717) is 17.8 Å². The van der Waals surface area contributed by atoms with Crippen LogP contribution in [0.1, 0.15) is 26.5 Å². The third-order valence-electron chi connectivity index (χ3n) is 2.77. The molecular weight excluding hydrogens is 284 g/mol. The lowest BCUT2D eigenvalue weighted by Crippen LogP contribution is -2.18. The fourth-order valence-corrected chi connectivity index (χ4v) is 1.84. The summed E-state index contributed by atoms with van der Waals surface area (Å²) in [5.41, 5.74) is -0.119. The van der Waals surface area contributed by atoms with Gasteiger partial charge in [-0.2, -0.15) is 5.10 Å². The molecule has 6 nitrogen and oxygen atoms in total. The molecule has 110 valence electrons. The van der Waals surface area contributed by atoms with Gasteiger partial charge in [0.25, 0.3) is 5.91 Å². The van der Waals surface area contributed by atoms with Crippen LogP contribution in [0.15, 0.2) is 18.2 Å². The van der Waals surface area contributed by atoms with Gasteiger partial charge in [-0.1, -0.05) is 0 Å². The molecule has 2 aromatic rings. The van der Waals surface area contributed by atoms with Crippen LogP contribution < -0.4 is 5.32 Å². The average Bonchev–Trinajstić information content (AvgIpc) is 2.72. The molecule has 2 N–H and O–H groups in total. The van der Waals surface area contributed by atoms with Crippen molar-refractivity contribution in [2.24, 2.45) is 7.05 Å². The lowest BCUT2D eigenvalue weighted by atomic mass is 10.1. The zero-order chi connectivity index (χ0) is 15.7. The maximum Gasteiger partial charge on any atom is 0.337 e. The van der Waals surface area contributed by atoms with Crippen LogP contribution in [-0.2, 0) is 7.05 Å². The first-order chi connectivity index (χ1) is 9.79. The van der Waals surface area contributed by atoms with E-state index in [9.17, 15) is 18.4 Å². The molecular formula is C13H11F2N3O3. The van der Waals surface area contributed by atoms with Gasteiger partial charge in [0.2, 0.25) is 0 Å². The van der Waals surface area contributed by atoms with Crippen LogP contribution in [-0.4, -0.2) is 26.8 Å². The SMILES string of the molecule is Cc1cc(C(=O)Nc2cc(F)c(F)cc2C(=O)O)n(C)n1. The molecule has 0 aliphatic heterocycles. The lowest BCUT2D eigenvalue weighted by molar-refractivity contribution is 0.0697. The summed E-state index contributed by atoms with van der Waals surface area (Å²) in [5.74, 6) is -4.71.